The van der Waals surface area contributed by atoms with Gasteiger partial charge in [0.2, 0.25) is 5.91 Å². The van der Waals surface area contributed by atoms with E-state index in [0.717, 1.165) is 25.9 Å². The van der Waals surface area contributed by atoms with Gasteiger partial charge < -0.3 is 15.2 Å². The number of hydrogen-bond donors (Lipinski definition) is 2. The molecule has 7 heteroatoms. The average molecular weight is 356 g/mol. The normalized spacial score (nSPS) is 16.8. The summed E-state index contributed by atoms with van der Waals surface area (Å²) in [6, 6.07) is 10.8. The second-order valence-corrected chi connectivity index (χ2v) is 6.64. The standard InChI is InChI=1S/C19H24N4O3/c1-13-12-17(22-26-13)21-18(24)14(2)23-10-8-16(9-11-23)20-19(25)15-6-4-3-5-7-15/h3-7,12,14,16H,8-11H2,1-2H3,(H,20,25)(H,21,22,24). The van der Waals surface area contributed by atoms with Crippen molar-refractivity contribution in [2.45, 2.75) is 38.8 Å². The van der Waals surface area contributed by atoms with Gasteiger partial charge in [0.05, 0.1) is 6.04 Å². The van der Waals surface area contributed by atoms with Crippen LogP contribution in [0.4, 0.5) is 5.82 Å². The fraction of sp³-hybridized carbons (Fsp3) is 0.421. The van der Waals surface area contributed by atoms with E-state index in [1.807, 2.05) is 37.3 Å². The van der Waals surface area contributed by atoms with Crippen molar-refractivity contribution in [1.29, 1.82) is 0 Å². The van der Waals surface area contributed by atoms with Crippen LogP contribution in [0.3, 0.4) is 0 Å². The molecule has 2 N–H and O–H groups in total. The van der Waals surface area contributed by atoms with E-state index in [1.54, 1.807) is 13.0 Å². The van der Waals surface area contributed by atoms with Crippen LogP contribution in [0.2, 0.25) is 0 Å². The third kappa shape index (κ3) is 4.49. The van der Waals surface area contributed by atoms with E-state index in [0.29, 0.717) is 17.1 Å². The first kappa shape index (κ1) is 18.1. The molecule has 1 atom stereocenters. The molecule has 1 aliphatic rings. The first-order chi connectivity index (χ1) is 12.5. The number of likely N-dealkylation sites (tertiary alicyclic amines) is 1. The molecule has 3 rings (SSSR count). The van der Waals surface area contributed by atoms with Crippen LogP contribution >= 0.6 is 0 Å². The van der Waals surface area contributed by atoms with Gasteiger partial charge in [-0.2, -0.15) is 0 Å². The molecule has 1 saturated heterocycles. The lowest BCUT2D eigenvalue weighted by atomic mass is 10.0. The van der Waals surface area contributed by atoms with Crippen molar-refractivity contribution in [1.82, 2.24) is 15.4 Å². The van der Waals surface area contributed by atoms with Gasteiger partial charge in [-0.3, -0.25) is 14.5 Å². The maximum absolute atomic E-state index is 12.4. The minimum atomic E-state index is -0.266. The molecule has 2 aromatic rings. The second-order valence-electron chi connectivity index (χ2n) is 6.64. The third-order valence-corrected chi connectivity index (χ3v) is 4.71. The van der Waals surface area contributed by atoms with Crippen molar-refractivity contribution >= 4 is 17.6 Å². The minimum Gasteiger partial charge on any atom is -0.360 e. The van der Waals surface area contributed by atoms with E-state index in [1.165, 1.54) is 0 Å². The molecule has 0 bridgehead atoms. The Balaban J connectivity index is 1.47. The Hall–Kier alpha value is -2.67. The number of anilines is 1. The molecular formula is C19H24N4O3. The summed E-state index contributed by atoms with van der Waals surface area (Å²) in [4.78, 5) is 26.7. The molecular weight excluding hydrogens is 332 g/mol. The maximum Gasteiger partial charge on any atom is 0.251 e. The van der Waals surface area contributed by atoms with E-state index >= 15 is 0 Å². The predicted molar refractivity (Wildman–Crippen MR) is 97.8 cm³/mol. The topological polar surface area (TPSA) is 87.5 Å². The highest BCUT2D eigenvalue weighted by atomic mass is 16.5. The van der Waals surface area contributed by atoms with Crippen LogP contribution in [0.5, 0.6) is 0 Å². The lowest BCUT2D eigenvalue weighted by Gasteiger charge is -2.35. The summed E-state index contributed by atoms with van der Waals surface area (Å²) in [6.45, 7) is 5.17. The Morgan fingerprint density at radius 2 is 1.92 bits per heavy atom. The molecule has 138 valence electrons. The fourth-order valence-electron chi connectivity index (χ4n) is 3.11. The largest absolute Gasteiger partial charge is 0.360 e. The van der Waals surface area contributed by atoms with E-state index in [-0.39, 0.29) is 23.9 Å². The van der Waals surface area contributed by atoms with Crippen LogP contribution in [0.1, 0.15) is 35.9 Å². The molecule has 1 fully saturated rings. The van der Waals surface area contributed by atoms with E-state index in [9.17, 15) is 9.59 Å². The van der Waals surface area contributed by atoms with Gasteiger partial charge in [-0.15, -0.1) is 0 Å². The lowest BCUT2D eigenvalue weighted by molar-refractivity contribution is -0.121. The number of hydrogen-bond acceptors (Lipinski definition) is 5. The van der Waals surface area contributed by atoms with Crippen molar-refractivity contribution in [2.24, 2.45) is 0 Å². The van der Waals surface area contributed by atoms with Gasteiger partial charge in [-0.05, 0) is 38.8 Å². The maximum atomic E-state index is 12.4. The van der Waals surface area contributed by atoms with Crippen molar-refractivity contribution in [3.63, 3.8) is 0 Å². The van der Waals surface area contributed by atoms with Crippen molar-refractivity contribution < 1.29 is 14.1 Å². The third-order valence-electron chi connectivity index (χ3n) is 4.71. The molecule has 1 aromatic carbocycles. The zero-order valence-corrected chi connectivity index (χ0v) is 15.1. The molecule has 7 nitrogen and oxygen atoms in total. The van der Waals surface area contributed by atoms with Gasteiger partial charge in [0.15, 0.2) is 5.82 Å². The molecule has 26 heavy (non-hydrogen) atoms. The summed E-state index contributed by atoms with van der Waals surface area (Å²) in [7, 11) is 0. The summed E-state index contributed by atoms with van der Waals surface area (Å²) in [5, 5.41) is 9.63. The summed E-state index contributed by atoms with van der Waals surface area (Å²) in [5.74, 6) is 0.939. The van der Waals surface area contributed by atoms with Crippen LogP contribution in [0, 0.1) is 6.92 Å². The molecule has 1 aromatic heterocycles. The molecule has 1 aliphatic heterocycles. The van der Waals surface area contributed by atoms with Crippen LogP contribution in [-0.2, 0) is 4.79 Å². The van der Waals surface area contributed by atoms with Crippen molar-refractivity contribution in [2.75, 3.05) is 18.4 Å². The van der Waals surface area contributed by atoms with Crippen LogP contribution in [0.25, 0.3) is 0 Å². The van der Waals surface area contributed by atoms with E-state index in [4.69, 9.17) is 4.52 Å². The number of nitrogens with one attached hydrogen (secondary N) is 2. The van der Waals surface area contributed by atoms with Gasteiger partial charge in [-0.25, -0.2) is 0 Å². The van der Waals surface area contributed by atoms with Gasteiger partial charge in [0.1, 0.15) is 5.76 Å². The Morgan fingerprint density at radius 1 is 1.23 bits per heavy atom. The summed E-state index contributed by atoms with van der Waals surface area (Å²) in [5.41, 5.74) is 0.672. The number of piperidine rings is 1. The molecule has 2 amide bonds. The average Bonchev–Trinajstić information content (AvgIpc) is 3.07. The smallest absolute Gasteiger partial charge is 0.251 e. The highest BCUT2D eigenvalue weighted by Gasteiger charge is 2.27. The number of aryl methyl sites for hydroxylation is 1. The Kier molecular flexibility index (Phi) is 5.68. The number of carbonyl (C=O) groups excluding carboxylic acids is 2. The molecule has 0 saturated carbocycles. The quantitative estimate of drug-likeness (QED) is 0.858. The van der Waals surface area contributed by atoms with Gasteiger partial charge in [-0.1, -0.05) is 23.4 Å². The number of amides is 2. The van der Waals surface area contributed by atoms with Crippen LogP contribution in [-0.4, -0.2) is 47.0 Å². The summed E-state index contributed by atoms with van der Waals surface area (Å²) >= 11 is 0. The van der Waals surface area contributed by atoms with Gasteiger partial charge >= 0.3 is 0 Å². The molecule has 2 heterocycles. The highest BCUT2D eigenvalue weighted by molar-refractivity contribution is 5.94. The molecule has 0 radical (unpaired) electrons. The minimum absolute atomic E-state index is 0.0451. The number of benzene rings is 1. The number of carbonyl (C=O) groups is 2. The number of aromatic nitrogens is 1. The monoisotopic (exact) mass is 356 g/mol. The Morgan fingerprint density at radius 3 is 2.54 bits per heavy atom. The zero-order valence-electron chi connectivity index (χ0n) is 15.1. The van der Waals surface area contributed by atoms with Crippen molar-refractivity contribution in [3.05, 3.63) is 47.7 Å². The number of rotatable bonds is 5. The van der Waals surface area contributed by atoms with Crippen LogP contribution in [0.15, 0.2) is 40.9 Å². The number of nitrogens with zero attached hydrogens (tertiary/aromatic N) is 2. The predicted octanol–water partition coefficient (Wildman–Crippen LogP) is 2.20. The van der Waals surface area contributed by atoms with Gasteiger partial charge in [0, 0.05) is 30.8 Å². The van der Waals surface area contributed by atoms with Crippen LogP contribution < -0.4 is 10.6 Å². The SMILES string of the molecule is Cc1cc(NC(=O)C(C)N2CCC(NC(=O)c3ccccc3)CC2)no1. The van der Waals surface area contributed by atoms with E-state index in [2.05, 4.69) is 20.7 Å². The Labute approximate surface area is 152 Å². The van der Waals surface area contributed by atoms with E-state index < -0.39 is 0 Å². The zero-order chi connectivity index (χ0) is 18.5. The lowest BCUT2D eigenvalue weighted by Crippen LogP contribution is -2.50. The highest BCUT2D eigenvalue weighted by Crippen LogP contribution is 2.16. The summed E-state index contributed by atoms with van der Waals surface area (Å²) in [6.07, 6.45) is 1.64. The second kappa shape index (κ2) is 8.14. The van der Waals surface area contributed by atoms with Crippen molar-refractivity contribution in [3.8, 4) is 0 Å². The first-order valence-corrected chi connectivity index (χ1v) is 8.87. The fourth-order valence-corrected chi connectivity index (χ4v) is 3.11. The first-order valence-electron chi connectivity index (χ1n) is 8.87. The molecule has 1 unspecified atom stereocenters. The Bertz CT molecular complexity index is 751. The summed E-state index contributed by atoms with van der Waals surface area (Å²) < 4.78 is 4.96. The molecule has 0 aliphatic carbocycles. The van der Waals surface area contributed by atoms with Gasteiger partial charge in [0.25, 0.3) is 5.91 Å². The molecule has 0 spiro atoms.